The van der Waals surface area contributed by atoms with Gasteiger partial charge in [-0.15, -0.1) is 0 Å². The minimum Gasteiger partial charge on any atom is -0.418 e. The molecular formula is HBF4Rh. The minimum atomic E-state index is -6.00. The van der Waals surface area contributed by atoms with Crippen molar-refractivity contribution in [3.63, 3.8) is 0 Å². The van der Waals surface area contributed by atoms with Crippen molar-refractivity contribution >= 4 is 7.25 Å². The summed E-state index contributed by atoms with van der Waals surface area (Å²) in [6, 6.07) is 0. The zero-order chi connectivity index (χ0) is 4.50. The Hall–Kier alpha value is 0.408. The molecule has 0 amide bonds. The summed E-state index contributed by atoms with van der Waals surface area (Å²) in [7, 11) is -6.00. The molecule has 0 saturated carbocycles. The van der Waals surface area contributed by atoms with E-state index in [0.717, 1.165) is 0 Å². The Bertz CT molecular complexity index is 27.2. The van der Waals surface area contributed by atoms with Crippen molar-refractivity contribution in [2.24, 2.45) is 0 Å². The van der Waals surface area contributed by atoms with Crippen LogP contribution in [0.5, 0.6) is 0 Å². The van der Waals surface area contributed by atoms with Gasteiger partial charge >= 0.3 is 8.68 Å². The average molecular weight is 191 g/mol. The van der Waals surface area contributed by atoms with E-state index in [1.54, 1.807) is 0 Å². The SMILES string of the molecule is F[B-](F)(F)F.[H+].[Rh]. The number of rotatable bonds is 0. The van der Waals surface area contributed by atoms with Gasteiger partial charge in [-0.05, 0) is 0 Å². The van der Waals surface area contributed by atoms with E-state index in [1.807, 2.05) is 0 Å². The molecule has 6 heteroatoms. The summed E-state index contributed by atoms with van der Waals surface area (Å²) in [6.45, 7) is 0. The smallest absolute Gasteiger partial charge is 0.418 e. The maximum absolute atomic E-state index is 9.75. The Kier molecular flexibility index (Phi) is 4.11. The van der Waals surface area contributed by atoms with E-state index >= 15 is 0 Å². The molecule has 0 heterocycles. The molecule has 0 fully saturated rings. The van der Waals surface area contributed by atoms with Crippen LogP contribution in [-0.4, -0.2) is 7.25 Å². The van der Waals surface area contributed by atoms with Crippen molar-refractivity contribution in [3.05, 3.63) is 0 Å². The molecule has 0 unspecified atom stereocenters. The second kappa shape index (κ2) is 2.56. The maximum atomic E-state index is 9.75. The molecule has 0 aromatic heterocycles. The Morgan fingerprint density at radius 3 is 1.00 bits per heavy atom. The zero-order valence-corrected chi connectivity index (χ0v) is 4.06. The van der Waals surface area contributed by atoms with Gasteiger partial charge in [-0.2, -0.15) is 0 Å². The molecule has 6 heavy (non-hydrogen) atoms. The molecule has 0 aliphatic rings. The fourth-order valence-corrected chi connectivity index (χ4v) is 0. The summed E-state index contributed by atoms with van der Waals surface area (Å²) in [5, 5.41) is 0. The van der Waals surface area contributed by atoms with Crippen molar-refractivity contribution in [2.75, 3.05) is 0 Å². The summed E-state index contributed by atoms with van der Waals surface area (Å²) in [6.07, 6.45) is 0. The first-order valence-electron chi connectivity index (χ1n) is 0.873. The summed E-state index contributed by atoms with van der Waals surface area (Å²) in [5.41, 5.74) is 0. The van der Waals surface area contributed by atoms with Crippen LogP contribution in [0.25, 0.3) is 0 Å². The second-order valence-electron chi connectivity index (χ2n) is 0.495. The van der Waals surface area contributed by atoms with Crippen LogP contribution < -0.4 is 0 Å². The van der Waals surface area contributed by atoms with E-state index in [1.165, 1.54) is 0 Å². The molecule has 0 aliphatic heterocycles. The van der Waals surface area contributed by atoms with Crippen LogP contribution >= 0.6 is 0 Å². The van der Waals surface area contributed by atoms with Crippen LogP contribution in [-0.2, 0) is 19.5 Å². The van der Waals surface area contributed by atoms with Crippen LogP contribution in [0.1, 0.15) is 1.43 Å². The third kappa shape index (κ3) is 307. The predicted octanol–water partition coefficient (Wildman–Crippen LogP) is 1.41. The van der Waals surface area contributed by atoms with Gasteiger partial charge in [-0.3, -0.25) is 0 Å². The van der Waals surface area contributed by atoms with Crippen LogP contribution in [0.2, 0.25) is 0 Å². The molecule has 0 aromatic carbocycles. The summed E-state index contributed by atoms with van der Waals surface area (Å²) in [5.74, 6) is 0. The molecule has 1 radical (unpaired) electrons. The van der Waals surface area contributed by atoms with Gasteiger partial charge in [-0.1, -0.05) is 0 Å². The van der Waals surface area contributed by atoms with Gasteiger partial charge in [0.05, 0.1) is 0 Å². The van der Waals surface area contributed by atoms with Crippen molar-refractivity contribution in [1.29, 1.82) is 0 Å². The van der Waals surface area contributed by atoms with Gasteiger partial charge < -0.3 is 17.3 Å². The normalized spacial score (nSPS) is 10.0. The summed E-state index contributed by atoms with van der Waals surface area (Å²) < 4.78 is 39.0. The largest absolute Gasteiger partial charge is 1.00 e. The Labute approximate surface area is 46.3 Å². The van der Waals surface area contributed by atoms with Gasteiger partial charge in [-0.25, -0.2) is 0 Å². The van der Waals surface area contributed by atoms with E-state index in [-0.39, 0.29) is 20.9 Å². The first-order valence-corrected chi connectivity index (χ1v) is 0.873. The fourth-order valence-electron chi connectivity index (χ4n) is 0. The van der Waals surface area contributed by atoms with Crippen LogP contribution in [0.15, 0.2) is 0 Å². The standard InChI is InChI=1S/BF4.Rh/c2-1(3,4)5;/q-1;/p+1. The molecule has 41 valence electrons. The van der Waals surface area contributed by atoms with E-state index in [2.05, 4.69) is 0 Å². The van der Waals surface area contributed by atoms with Gasteiger partial charge in [0.2, 0.25) is 0 Å². The number of halogens is 4. The van der Waals surface area contributed by atoms with Crippen molar-refractivity contribution < 1.29 is 38.2 Å². The third-order valence-corrected chi connectivity index (χ3v) is 0. The van der Waals surface area contributed by atoms with E-state index in [9.17, 15) is 17.3 Å². The third-order valence-electron chi connectivity index (χ3n) is 0. The second-order valence-corrected chi connectivity index (χ2v) is 0.495. The van der Waals surface area contributed by atoms with Crippen LogP contribution in [0.3, 0.4) is 0 Å². The summed E-state index contributed by atoms with van der Waals surface area (Å²) >= 11 is 0. The minimum absolute atomic E-state index is 0. The molecule has 0 bridgehead atoms. The van der Waals surface area contributed by atoms with Gasteiger partial charge in [0.15, 0.2) is 0 Å². The van der Waals surface area contributed by atoms with Crippen LogP contribution in [0, 0.1) is 0 Å². The molecule has 0 aliphatic carbocycles. The molecule has 0 atom stereocenters. The fraction of sp³-hybridized carbons (Fsp3) is 0. The first kappa shape index (κ1) is 9.65. The molecule has 0 nitrogen and oxygen atoms in total. The van der Waals surface area contributed by atoms with Gasteiger partial charge in [0.1, 0.15) is 0 Å². The monoisotopic (exact) mass is 191 g/mol. The van der Waals surface area contributed by atoms with E-state index < -0.39 is 7.25 Å². The number of hydrogen-bond acceptors (Lipinski definition) is 0. The topological polar surface area (TPSA) is 0 Å². The van der Waals surface area contributed by atoms with E-state index in [0.29, 0.717) is 0 Å². The Morgan fingerprint density at radius 2 is 1.00 bits per heavy atom. The van der Waals surface area contributed by atoms with E-state index in [4.69, 9.17) is 0 Å². The number of hydrogen-bond donors (Lipinski definition) is 0. The maximum Gasteiger partial charge on any atom is 1.00 e. The zero-order valence-electron chi connectivity index (χ0n) is 3.42. The van der Waals surface area contributed by atoms with Crippen molar-refractivity contribution in [2.45, 2.75) is 0 Å². The summed E-state index contributed by atoms with van der Waals surface area (Å²) in [4.78, 5) is 0. The molecule has 0 rings (SSSR count). The molecular weight excluding hydrogens is 190 g/mol. The average Bonchev–Trinajstić information content (AvgIpc) is 0.722. The Balaban J connectivity index is -0.0000000800. The first-order chi connectivity index (χ1) is 2.00. The van der Waals surface area contributed by atoms with Gasteiger partial charge in [0, 0.05) is 19.5 Å². The molecule has 0 aromatic rings. The predicted molar refractivity (Wildman–Crippen MR) is 11.3 cm³/mol. The molecule has 0 N–H and O–H groups in total. The van der Waals surface area contributed by atoms with Gasteiger partial charge in [0.25, 0.3) is 0 Å². The molecule has 0 spiro atoms. The van der Waals surface area contributed by atoms with Crippen molar-refractivity contribution in [1.82, 2.24) is 0 Å². The van der Waals surface area contributed by atoms with Crippen LogP contribution in [0.4, 0.5) is 17.3 Å². The molecule has 0 saturated heterocycles. The quantitative estimate of drug-likeness (QED) is 0.400. The van der Waals surface area contributed by atoms with Crippen molar-refractivity contribution in [3.8, 4) is 0 Å². The Morgan fingerprint density at radius 1 is 1.00 bits per heavy atom.